The number of alkyl halides is 1. The fourth-order valence-electron chi connectivity index (χ4n) is 1.95. The van der Waals surface area contributed by atoms with Crippen LogP contribution in [0.5, 0.6) is 5.75 Å². The monoisotopic (exact) mass is 347 g/mol. The lowest BCUT2D eigenvalue weighted by atomic mass is 10.1. The molecule has 1 N–H and O–H groups in total. The molecule has 1 unspecified atom stereocenters. The van der Waals surface area contributed by atoms with Gasteiger partial charge >= 0.3 is 0 Å². The molecule has 4 heteroatoms. The van der Waals surface area contributed by atoms with Gasteiger partial charge in [-0.15, -0.1) is 0 Å². The van der Waals surface area contributed by atoms with Gasteiger partial charge < -0.3 is 10.1 Å². The van der Waals surface area contributed by atoms with Crippen LogP contribution in [0.2, 0.25) is 0 Å². The molecule has 0 aromatic heterocycles. The number of carbonyl (C=O) groups excluding carboxylic acids is 1. The Balaban J connectivity index is 1.85. The number of amides is 1. The molecule has 0 spiro atoms. The van der Waals surface area contributed by atoms with Gasteiger partial charge in [0.1, 0.15) is 5.75 Å². The molecule has 110 valence electrons. The standard InChI is InChI=1S/C17H18BrNO2/c1-13(18)15-9-5-6-10-16(15)19-17(20)11-12-21-14-7-3-2-4-8-14/h2-10,13H,11-12H2,1H3,(H,19,20). The zero-order valence-electron chi connectivity index (χ0n) is 11.9. The van der Waals surface area contributed by atoms with Crippen molar-refractivity contribution in [1.82, 2.24) is 0 Å². The summed E-state index contributed by atoms with van der Waals surface area (Å²) in [5.41, 5.74) is 1.90. The fraction of sp³-hybridized carbons (Fsp3) is 0.235. The zero-order chi connectivity index (χ0) is 15.1. The highest BCUT2D eigenvalue weighted by atomic mass is 79.9. The molecule has 0 bridgehead atoms. The van der Waals surface area contributed by atoms with Gasteiger partial charge in [-0.3, -0.25) is 4.79 Å². The molecule has 0 heterocycles. The predicted molar refractivity (Wildman–Crippen MR) is 89.0 cm³/mol. The van der Waals surface area contributed by atoms with E-state index in [2.05, 4.69) is 21.2 Å². The van der Waals surface area contributed by atoms with Crippen molar-refractivity contribution in [3.8, 4) is 5.75 Å². The first kappa shape index (κ1) is 15.6. The Kier molecular flexibility index (Phi) is 5.81. The number of ether oxygens (including phenoxy) is 1. The Morgan fingerprint density at radius 3 is 2.52 bits per heavy atom. The van der Waals surface area contributed by atoms with Crippen molar-refractivity contribution >= 4 is 27.5 Å². The van der Waals surface area contributed by atoms with Gasteiger partial charge in [0.05, 0.1) is 13.0 Å². The van der Waals surface area contributed by atoms with Gasteiger partial charge in [-0.1, -0.05) is 52.3 Å². The lowest BCUT2D eigenvalue weighted by molar-refractivity contribution is -0.116. The van der Waals surface area contributed by atoms with Crippen LogP contribution in [0.1, 0.15) is 23.7 Å². The number of anilines is 1. The molecule has 3 nitrogen and oxygen atoms in total. The van der Waals surface area contributed by atoms with Crippen LogP contribution in [0.25, 0.3) is 0 Å². The second kappa shape index (κ2) is 7.84. The number of para-hydroxylation sites is 2. The Labute approximate surface area is 133 Å². The van der Waals surface area contributed by atoms with Crippen molar-refractivity contribution in [2.75, 3.05) is 11.9 Å². The SMILES string of the molecule is CC(Br)c1ccccc1NC(=O)CCOc1ccccc1. The Hall–Kier alpha value is -1.81. The number of nitrogens with one attached hydrogen (secondary N) is 1. The largest absolute Gasteiger partial charge is 0.493 e. The number of halogens is 1. The highest BCUT2D eigenvalue weighted by Gasteiger charge is 2.09. The van der Waals surface area contributed by atoms with E-state index in [1.54, 1.807) is 0 Å². The molecular weight excluding hydrogens is 330 g/mol. The smallest absolute Gasteiger partial charge is 0.227 e. The minimum Gasteiger partial charge on any atom is -0.493 e. The van der Waals surface area contributed by atoms with E-state index in [0.717, 1.165) is 17.0 Å². The predicted octanol–water partition coefficient (Wildman–Crippen LogP) is 4.55. The highest BCUT2D eigenvalue weighted by molar-refractivity contribution is 9.09. The van der Waals surface area contributed by atoms with Gasteiger partial charge in [-0.2, -0.15) is 0 Å². The molecular formula is C17H18BrNO2. The molecule has 2 aromatic rings. The summed E-state index contributed by atoms with van der Waals surface area (Å²) in [7, 11) is 0. The summed E-state index contributed by atoms with van der Waals surface area (Å²) in [6.45, 7) is 2.39. The minimum absolute atomic E-state index is 0.0495. The second-order valence-electron chi connectivity index (χ2n) is 4.66. The fourth-order valence-corrected chi connectivity index (χ4v) is 2.35. The third-order valence-corrected chi connectivity index (χ3v) is 3.50. The van der Waals surface area contributed by atoms with Gasteiger partial charge in [0.15, 0.2) is 0 Å². The van der Waals surface area contributed by atoms with E-state index in [-0.39, 0.29) is 10.7 Å². The Morgan fingerprint density at radius 2 is 1.81 bits per heavy atom. The van der Waals surface area contributed by atoms with Gasteiger partial charge in [0, 0.05) is 10.5 Å². The van der Waals surface area contributed by atoms with Crippen LogP contribution >= 0.6 is 15.9 Å². The normalized spacial score (nSPS) is 11.7. The van der Waals surface area contributed by atoms with Gasteiger partial charge in [0.25, 0.3) is 0 Å². The summed E-state index contributed by atoms with van der Waals surface area (Å²) >= 11 is 3.53. The molecule has 2 rings (SSSR count). The lowest BCUT2D eigenvalue weighted by Crippen LogP contribution is -2.16. The van der Waals surface area contributed by atoms with E-state index in [9.17, 15) is 4.79 Å². The van der Waals surface area contributed by atoms with E-state index in [1.807, 2.05) is 61.5 Å². The quantitative estimate of drug-likeness (QED) is 0.778. The Morgan fingerprint density at radius 1 is 1.14 bits per heavy atom. The number of benzene rings is 2. The highest BCUT2D eigenvalue weighted by Crippen LogP contribution is 2.28. The molecule has 1 atom stereocenters. The van der Waals surface area contributed by atoms with Crippen LogP contribution in [-0.4, -0.2) is 12.5 Å². The summed E-state index contributed by atoms with van der Waals surface area (Å²) in [6.07, 6.45) is 0.319. The van der Waals surface area contributed by atoms with Crippen molar-refractivity contribution in [2.45, 2.75) is 18.2 Å². The number of hydrogen-bond donors (Lipinski definition) is 1. The van der Waals surface area contributed by atoms with E-state index < -0.39 is 0 Å². The molecule has 0 radical (unpaired) electrons. The van der Waals surface area contributed by atoms with E-state index >= 15 is 0 Å². The maximum Gasteiger partial charge on any atom is 0.227 e. The number of hydrogen-bond acceptors (Lipinski definition) is 2. The first-order chi connectivity index (χ1) is 10.2. The molecule has 0 aliphatic carbocycles. The van der Waals surface area contributed by atoms with Crippen LogP contribution in [0.4, 0.5) is 5.69 Å². The molecule has 0 saturated carbocycles. The van der Waals surface area contributed by atoms with E-state index in [1.165, 1.54) is 0 Å². The topological polar surface area (TPSA) is 38.3 Å². The zero-order valence-corrected chi connectivity index (χ0v) is 13.5. The third kappa shape index (κ3) is 4.90. The average Bonchev–Trinajstić information content (AvgIpc) is 2.48. The second-order valence-corrected chi connectivity index (χ2v) is 6.04. The van der Waals surface area contributed by atoms with Crippen molar-refractivity contribution in [3.05, 3.63) is 60.2 Å². The van der Waals surface area contributed by atoms with Crippen LogP contribution in [-0.2, 0) is 4.79 Å². The van der Waals surface area contributed by atoms with Crippen LogP contribution in [0.3, 0.4) is 0 Å². The molecule has 0 fully saturated rings. The van der Waals surface area contributed by atoms with Crippen molar-refractivity contribution in [1.29, 1.82) is 0 Å². The summed E-state index contributed by atoms with van der Waals surface area (Å²) in [6, 6.07) is 17.3. The van der Waals surface area contributed by atoms with Crippen molar-refractivity contribution in [3.63, 3.8) is 0 Å². The van der Waals surface area contributed by atoms with E-state index in [0.29, 0.717) is 13.0 Å². The third-order valence-electron chi connectivity index (χ3n) is 3.00. The Bertz CT molecular complexity index is 584. The first-order valence-corrected chi connectivity index (χ1v) is 7.79. The van der Waals surface area contributed by atoms with E-state index in [4.69, 9.17) is 4.74 Å². The molecule has 0 saturated heterocycles. The molecule has 1 amide bonds. The van der Waals surface area contributed by atoms with Crippen molar-refractivity contribution < 1.29 is 9.53 Å². The van der Waals surface area contributed by atoms with Crippen molar-refractivity contribution in [2.24, 2.45) is 0 Å². The number of rotatable bonds is 6. The van der Waals surface area contributed by atoms with Gasteiger partial charge in [0.2, 0.25) is 5.91 Å². The molecule has 2 aromatic carbocycles. The summed E-state index contributed by atoms with van der Waals surface area (Å²) in [5.74, 6) is 0.728. The summed E-state index contributed by atoms with van der Waals surface area (Å²) in [5, 5.41) is 2.93. The summed E-state index contributed by atoms with van der Waals surface area (Å²) in [4.78, 5) is 12.2. The maximum absolute atomic E-state index is 12.0. The average molecular weight is 348 g/mol. The number of carbonyl (C=O) groups is 1. The maximum atomic E-state index is 12.0. The summed E-state index contributed by atoms with van der Waals surface area (Å²) < 4.78 is 5.52. The lowest BCUT2D eigenvalue weighted by Gasteiger charge is -2.13. The molecule has 0 aliphatic heterocycles. The first-order valence-electron chi connectivity index (χ1n) is 6.87. The van der Waals surface area contributed by atoms with Crippen LogP contribution < -0.4 is 10.1 Å². The van der Waals surface area contributed by atoms with Crippen LogP contribution in [0.15, 0.2) is 54.6 Å². The van der Waals surface area contributed by atoms with Crippen LogP contribution in [0, 0.1) is 0 Å². The molecule has 0 aliphatic rings. The minimum atomic E-state index is -0.0495. The molecule has 21 heavy (non-hydrogen) atoms. The van der Waals surface area contributed by atoms with Gasteiger partial charge in [-0.25, -0.2) is 0 Å². The van der Waals surface area contributed by atoms with Gasteiger partial charge in [-0.05, 0) is 30.7 Å².